The highest BCUT2D eigenvalue weighted by Crippen LogP contribution is 2.24. The van der Waals surface area contributed by atoms with Gasteiger partial charge in [-0.3, -0.25) is 4.90 Å². The molecule has 6 heteroatoms. The predicted octanol–water partition coefficient (Wildman–Crippen LogP) is 5.26. The summed E-state index contributed by atoms with van der Waals surface area (Å²) in [6, 6.07) is 26.9. The minimum Gasteiger partial charge on any atom is -0.369 e. The second-order valence-corrected chi connectivity index (χ2v) is 8.88. The number of fused-ring (bicyclic) bond motifs is 1. The van der Waals surface area contributed by atoms with Gasteiger partial charge in [0.05, 0.1) is 5.52 Å². The van der Waals surface area contributed by atoms with E-state index in [9.17, 15) is 0 Å². The van der Waals surface area contributed by atoms with Crippen LogP contribution in [0.25, 0.3) is 10.9 Å². The lowest BCUT2D eigenvalue weighted by molar-refractivity contribution is 0.249. The van der Waals surface area contributed by atoms with E-state index in [2.05, 4.69) is 69.7 Å². The average Bonchev–Trinajstić information content (AvgIpc) is 2.86. The van der Waals surface area contributed by atoms with E-state index in [1.165, 1.54) is 11.1 Å². The molecule has 0 atom stereocenters. The maximum absolute atomic E-state index is 6.02. The Kier molecular flexibility index (Phi) is 6.70. The smallest absolute Gasteiger partial charge is 0.227 e. The van der Waals surface area contributed by atoms with Crippen molar-refractivity contribution in [3.8, 4) is 0 Å². The van der Waals surface area contributed by atoms with Crippen molar-refractivity contribution in [2.45, 2.75) is 13.0 Å². The van der Waals surface area contributed by atoms with Gasteiger partial charge in [0, 0.05) is 49.7 Å². The Balaban J connectivity index is 1.26. The molecule has 4 aromatic rings. The van der Waals surface area contributed by atoms with Crippen LogP contribution in [-0.4, -0.2) is 47.6 Å². The van der Waals surface area contributed by atoms with Gasteiger partial charge in [-0.25, -0.2) is 4.98 Å². The Morgan fingerprint density at radius 1 is 0.758 bits per heavy atom. The van der Waals surface area contributed by atoms with E-state index in [1.54, 1.807) is 0 Å². The normalized spacial score (nSPS) is 14.5. The SMILES string of the molecule is Clc1ccc(CN2CCN(c3nc(NCCc4ccccc4)c4ccccc4n3)CC2)cc1. The largest absolute Gasteiger partial charge is 0.369 e. The molecule has 1 saturated heterocycles. The molecular formula is C27H28ClN5. The van der Waals surface area contributed by atoms with Crippen molar-refractivity contribution in [3.05, 3.63) is 95.0 Å². The molecule has 1 aliphatic heterocycles. The topological polar surface area (TPSA) is 44.3 Å². The van der Waals surface area contributed by atoms with Gasteiger partial charge >= 0.3 is 0 Å². The lowest BCUT2D eigenvalue weighted by atomic mass is 10.1. The van der Waals surface area contributed by atoms with Crippen LogP contribution < -0.4 is 10.2 Å². The van der Waals surface area contributed by atoms with Gasteiger partial charge in [-0.05, 0) is 41.8 Å². The van der Waals surface area contributed by atoms with Gasteiger partial charge in [-0.15, -0.1) is 0 Å². The summed E-state index contributed by atoms with van der Waals surface area (Å²) in [5, 5.41) is 5.41. The molecule has 1 aromatic heterocycles. The van der Waals surface area contributed by atoms with Crippen molar-refractivity contribution < 1.29 is 0 Å². The summed E-state index contributed by atoms with van der Waals surface area (Å²) in [7, 11) is 0. The molecule has 2 heterocycles. The minimum atomic E-state index is 0.783. The molecule has 5 nitrogen and oxygen atoms in total. The number of para-hydroxylation sites is 1. The number of nitrogens with zero attached hydrogens (tertiary/aromatic N) is 4. The van der Waals surface area contributed by atoms with Gasteiger partial charge in [0.1, 0.15) is 5.82 Å². The molecule has 33 heavy (non-hydrogen) atoms. The van der Waals surface area contributed by atoms with Crippen LogP contribution in [-0.2, 0) is 13.0 Å². The third-order valence-corrected chi connectivity index (χ3v) is 6.37. The van der Waals surface area contributed by atoms with Gasteiger partial charge in [-0.2, -0.15) is 4.98 Å². The molecule has 1 fully saturated rings. The maximum Gasteiger partial charge on any atom is 0.227 e. The van der Waals surface area contributed by atoms with E-state index < -0.39 is 0 Å². The van der Waals surface area contributed by atoms with Crippen LogP contribution in [0.15, 0.2) is 78.9 Å². The molecule has 1 N–H and O–H groups in total. The number of rotatable bonds is 7. The zero-order valence-corrected chi connectivity index (χ0v) is 19.4. The number of aromatic nitrogens is 2. The number of hydrogen-bond acceptors (Lipinski definition) is 5. The van der Waals surface area contributed by atoms with Gasteiger partial charge in [0.25, 0.3) is 0 Å². The molecule has 0 spiro atoms. The van der Waals surface area contributed by atoms with E-state index >= 15 is 0 Å². The summed E-state index contributed by atoms with van der Waals surface area (Å²) >= 11 is 6.02. The van der Waals surface area contributed by atoms with E-state index in [1.807, 2.05) is 24.3 Å². The molecule has 0 saturated carbocycles. The van der Waals surface area contributed by atoms with Crippen molar-refractivity contribution in [2.75, 3.05) is 42.9 Å². The number of piperazine rings is 1. The summed E-state index contributed by atoms with van der Waals surface area (Å²) in [5.41, 5.74) is 3.59. The summed E-state index contributed by atoms with van der Waals surface area (Å²) in [6.45, 7) is 5.56. The van der Waals surface area contributed by atoms with Crippen molar-refractivity contribution in [1.29, 1.82) is 0 Å². The van der Waals surface area contributed by atoms with E-state index in [-0.39, 0.29) is 0 Å². The van der Waals surface area contributed by atoms with Gasteiger partial charge in [-0.1, -0.05) is 66.2 Å². The van der Waals surface area contributed by atoms with Crippen molar-refractivity contribution in [3.63, 3.8) is 0 Å². The van der Waals surface area contributed by atoms with Crippen LogP contribution in [0.3, 0.4) is 0 Å². The molecule has 3 aromatic carbocycles. The third kappa shape index (κ3) is 5.44. The average molecular weight is 458 g/mol. The summed E-state index contributed by atoms with van der Waals surface area (Å²) in [6.07, 6.45) is 0.956. The number of hydrogen-bond donors (Lipinski definition) is 1. The first-order valence-corrected chi connectivity index (χ1v) is 11.9. The Bertz CT molecular complexity index is 1190. The summed E-state index contributed by atoms with van der Waals surface area (Å²) in [5.74, 6) is 1.72. The highest BCUT2D eigenvalue weighted by Gasteiger charge is 2.20. The molecule has 0 amide bonds. The van der Waals surface area contributed by atoms with Gasteiger partial charge in [0.2, 0.25) is 5.95 Å². The van der Waals surface area contributed by atoms with E-state index in [4.69, 9.17) is 21.6 Å². The fourth-order valence-electron chi connectivity index (χ4n) is 4.26. The van der Waals surface area contributed by atoms with Crippen LogP contribution in [0.5, 0.6) is 0 Å². The first-order valence-electron chi connectivity index (χ1n) is 11.5. The Labute approximate surface area is 200 Å². The maximum atomic E-state index is 6.02. The Hall–Kier alpha value is -3.15. The van der Waals surface area contributed by atoms with Crippen molar-refractivity contribution in [1.82, 2.24) is 14.9 Å². The number of nitrogens with one attached hydrogen (secondary N) is 1. The quantitative estimate of drug-likeness (QED) is 0.410. The fraction of sp³-hybridized carbons (Fsp3) is 0.259. The third-order valence-electron chi connectivity index (χ3n) is 6.11. The Morgan fingerprint density at radius 2 is 1.48 bits per heavy atom. The lowest BCUT2D eigenvalue weighted by Crippen LogP contribution is -2.46. The molecule has 0 bridgehead atoms. The number of benzene rings is 3. The molecule has 168 valence electrons. The van der Waals surface area contributed by atoms with Crippen molar-refractivity contribution in [2.24, 2.45) is 0 Å². The molecule has 0 aliphatic carbocycles. The molecule has 5 rings (SSSR count). The first kappa shape index (κ1) is 21.7. The highest BCUT2D eigenvalue weighted by molar-refractivity contribution is 6.30. The second-order valence-electron chi connectivity index (χ2n) is 8.44. The van der Waals surface area contributed by atoms with Gasteiger partial charge < -0.3 is 10.2 Å². The molecule has 1 aliphatic rings. The van der Waals surface area contributed by atoms with Gasteiger partial charge in [0.15, 0.2) is 0 Å². The minimum absolute atomic E-state index is 0.783. The second kappa shape index (κ2) is 10.2. The first-order chi connectivity index (χ1) is 16.2. The zero-order chi connectivity index (χ0) is 22.5. The lowest BCUT2D eigenvalue weighted by Gasteiger charge is -2.35. The monoisotopic (exact) mass is 457 g/mol. The predicted molar refractivity (Wildman–Crippen MR) is 137 cm³/mol. The standard InChI is InChI=1S/C27H28ClN5/c28-23-12-10-22(11-13-23)20-32-16-18-33(19-17-32)27-30-25-9-5-4-8-24(25)26(31-27)29-15-14-21-6-2-1-3-7-21/h1-13H,14-20H2,(H,29,30,31). The number of halogens is 1. The highest BCUT2D eigenvalue weighted by atomic mass is 35.5. The zero-order valence-electron chi connectivity index (χ0n) is 18.6. The molecular weight excluding hydrogens is 430 g/mol. The van der Waals surface area contributed by atoms with Crippen LogP contribution >= 0.6 is 11.6 Å². The summed E-state index contributed by atoms with van der Waals surface area (Å²) < 4.78 is 0. The van der Waals surface area contributed by atoms with Crippen LogP contribution in [0.1, 0.15) is 11.1 Å². The number of anilines is 2. The fourth-order valence-corrected chi connectivity index (χ4v) is 4.39. The van der Waals surface area contributed by atoms with E-state index in [0.29, 0.717) is 0 Å². The van der Waals surface area contributed by atoms with Crippen molar-refractivity contribution >= 4 is 34.3 Å². The molecule has 0 unspecified atom stereocenters. The van der Waals surface area contributed by atoms with Crippen LogP contribution in [0.2, 0.25) is 5.02 Å². The van der Waals surface area contributed by atoms with E-state index in [0.717, 1.165) is 73.4 Å². The Morgan fingerprint density at radius 3 is 2.27 bits per heavy atom. The summed E-state index contributed by atoms with van der Waals surface area (Å²) in [4.78, 5) is 14.6. The van der Waals surface area contributed by atoms with Crippen LogP contribution in [0, 0.1) is 0 Å². The van der Waals surface area contributed by atoms with Crippen LogP contribution in [0.4, 0.5) is 11.8 Å². The molecule has 0 radical (unpaired) electrons.